The Bertz CT molecular complexity index is 620. The van der Waals surface area contributed by atoms with Crippen LogP contribution in [-0.4, -0.2) is 41.2 Å². The lowest BCUT2D eigenvalue weighted by Crippen LogP contribution is -2.53. The zero-order valence-electron chi connectivity index (χ0n) is 16.2. The number of esters is 1. The first kappa shape index (κ1) is 20.6. The van der Waals surface area contributed by atoms with Crippen molar-refractivity contribution in [2.75, 3.05) is 7.05 Å². The number of piperidine rings is 2. The lowest BCUT2D eigenvalue weighted by molar-refractivity contribution is -0.184. The van der Waals surface area contributed by atoms with E-state index in [4.69, 9.17) is 4.74 Å². The van der Waals surface area contributed by atoms with E-state index in [9.17, 15) is 9.90 Å². The van der Waals surface area contributed by atoms with Crippen LogP contribution in [0, 0.1) is 5.92 Å². The summed E-state index contributed by atoms with van der Waals surface area (Å²) in [5.41, 5.74) is -0.819. The number of carbonyl (C=O) groups excluding carboxylic acids is 1. The van der Waals surface area contributed by atoms with Crippen molar-refractivity contribution in [3.05, 3.63) is 35.9 Å². The van der Waals surface area contributed by atoms with Crippen LogP contribution in [0.1, 0.15) is 63.4 Å². The van der Waals surface area contributed by atoms with Crippen molar-refractivity contribution in [1.82, 2.24) is 4.90 Å². The van der Waals surface area contributed by atoms with Crippen molar-refractivity contribution in [2.24, 2.45) is 5.92 Å². The molecule has 1 aromatic rings. The van der Waals surface area contributed by atoms with Crippen molar-refractivity contribution in [3.8, 4) is 0 Å². The minimum absolute atomic E-state index is 0. The molecule has 0 spiro atoms. The average Bonchev–Trinajstić information content (AvgIpc) is 3.18. The minimum atomic E-state index is -1.50. The number of rotatable bonds is 4. The second-order valence-electron chi connectivity index (χ2n) is 8.52. The number of hydrogen-bond acceptors (Lipinski definition) is 4. The van der Waals surface area contributed by atoms with E-state index in [0.29, 0.717) is 17.6 Å². The highest BCUT2D eigenvalue weighted by atomic mass is 35.5. The highest BCUT2D eigenvalue weighted by molar-refractivity contribution is 5.85. The Balaban J connectivity index is 0.00000210. The van der Waals surface area contributed by atoms with Crippen molar-refractivity contribution < 1.29 is 14.6 Å². The lowest BCUT2D eigenvalue weighted by atomic mass is 9.79. The van der Waals surface area contributed by atoms with Crippen LogP contribution < -0.4 is 0 Å². The Morgan fingerprint density at radius 2 is 1.63 bits per heavy atom. The fraction of sp³-hybridized carbons (Fsp3) is 0.682. The van der Waals surface area contributed by atoms with Crippen molar-refractivity contribution in [2.45, 2.75) is 81.6 Å². The Morgan fingerprint density at radius 3 is 2.22 bits per heavy atom. The largest absolute Gasteiger partial charge is 0.460 e. The van der Waals surface area contributed by atoms with Gasteiger partial charge in [0.1, 0.15) is 6.10 Å². The van der Waals surface area contributed by atoms with Crippen LogP contribution in [0.15, 0.2) is 30.3 Å². The Kier molecular flexibility index (Phi) is 6.50. The van der Waals surface area contributed by atoms with Gasteiger partial charge in [-0.05, 0) is 51.1 Å². The van der Waals surface area contributed by atoms with Crippen LogP contribution in [0.2, 0.25) is 0 Å². The van der Waals surface area contributed by atoms with E-state index in [1.54, 1.807) is 0 Å². The molecule has 0 amide bonds. The maximum absolute atomic E-state index is 13.2. The molecule has 2 bridgehead atoms. The molecule has 2 saturated heterocycles. The zero-order chi connectivity index (χ0) is 18.1. The second-order valence-corrected chi connectivity index (χ2v) is 8.52. The number of benzene rings is 1. The summed E-state index contributed by atoms with van der Waals surface area (Å²) < 4.78 is 5.99. The first-order valence-corrected chi connectivity index (χ1v) is 10.3. The quantitative estimate of drug-likeness (QED) is 0.784. The van der Waals surface area contributed by atoms with Gasteiger partial charge in [-0.2, -0.15) is 0 Å². The molecule has 1 N–H and O–H groups in total. The van der Waals surface area contributed by atoms with Crippen molar-refractivity contribution in [1.29, 1.82) is 0 Å². The first-order valence-electron chi connectivity index (χ1n) is 10.3. The number of nitrogens with zero attached hydrogens (tertiary/aromatic N) is 1. The fourth-order valence-corrected chi connectivity index (χ4v) is 5.46. The van der Waals surface area contributed by atoms with Crippen molar-refractivity contribution >= 4 is 18.4 Å². The molecular weight excluding hydrogens is 362 g/mol. The van der Waals surface area contributed by atoms with Gasteiger partial charge in [0.05, 0.1) is 0 Å². The normalized spacial score (nSPS) is 31.0. The summed E-state index contributed by atoms with van der Waals surface area (Å²) in [4.78, 5) is 15.7. The maximum atomic E-state index is 13.2. The summed E-state index contributed by atoms with van der Waals surface area (Å²) in [6.07, 6.45) is 9.30. The van der Waals surface area contributed by atoms with Crippen LogP contribution in [-0.2, 0) is 15.1 Å². The van der Waals surface area contributed by atoms with Gasteiger partial charge in [0.15, 0.2) is 5.60 Å². The van der Waals surface area contributed by atoms with Crippen molar-refractivity contribution in [3.63, 3.8) is 0 Å². The molecule has 3 unspecified atom stereocenters. The minimum Gasteiger partial charge on any atom is -0.460 e. The maximum Gasteiger partial charge on any atom is 0.343 e. The molecule has 0 aromatic heterocycles. The molecule has 150 valence electrons. The highest BCUT2D eigenvalue weighted by Crippen LogP contribution is 2.42. The second kappa shape index (κ2) is 8.50. The van der Waals surface area contributed by atoms with Crippen LogP contribution >= 0.6 is 12.4 Å². The number of hydrogen-bond donors (Lipinski definition) is 1. The Morgan fingerprint density at radius 1 is 1.04 bits per heavy atom. The molecule has 3 aliphatic rings. The number of fused-ring (bicyclic) bond motifs is 2. The van der Waals surface area contributed by atoms with Gasteiger partial charge >= 0.3 is 5.97 Å². The standard InChI is InChI=1S/C22H31NO3.ClH/c1-23-18-12-7-13-19(23)15-20(14-18)26-21(24)22(25,17-10-5-6-11-17)16-8-3-2-4-9-16;/h2-4,8-9,17-20,25H,5-7,10-15H2,1H3;1H. The van der Waals surface area contributed by atoms with Gasteiger partial charge in [-0.1, -0.05) is 49.6 Å². The topological polar surface area (TPSA) is 49.8 Å². The van der Waals surface area contributed by atoms with E-state index in [0.717, 1.165) is 38.5 Å². The van der Waals surface area contributed by atoms with Crippen LogP contribution in [0.25, 0.3) is 0 Å². The zero-order valence-corrected chi connectivity index (χ0v) is 17.0. The average molecular weight is 394 g/mol. The van der Waals surface area contributed by atoms with E-state index in [2.05, 4.69) is 11.9 Å². The molecule has 3 fully saturated rings. The molecule has 1 aliphatic carbocycles. The Hall–Kier alpha value is -1.10. The molecule has 27 heavy (non-hydrogen) atoms. The molecule has 5 heteroatoms. The molecule has 2 heterocycles. The molecule has 1 aromatic carbocycles. The van der Waals surface area contributed by atoms with Gasteiger partial charge in [0, 0.05) is 18.0 Å². The third-order valence-corrected chi connectivity index (χ3v) is 7.04. The van der Waals surface area contributed by atoms with E-state index in [1.807, 2.05) is 30.3 Å². The summed E-state index contributed by atoms with van der Waals surface area (Å²) in [7, 11) is 2.20. The highest BCUT2D eigenvalue weighted by Gasteiger charge is 2.49. The fourth-order valence-electron chi connectivity index (χ4n) is 5.46. The summed E-state index contributed by atoms with van der Waals surface area (Å²) in [6.45, 7) is 0. The molecule has 2 aliphatic heterocycles. The number of aliphatic hydroxyl groups is 1. The molecule has 4 nitrogen and oxygen atoms in total. The molecule has 4 rings (SSSR count). The molecular formula is C22H32ClNO3. The van der Waals surface area contributed by atoms with E-state index < -0.39 is 11.6 Å². The molecule has 0 radical (unpaired) electrons. The van der Waals surface area contributed by atoms with Gasteiger partial charge in [0.25, 0.3) is 0 Å². The number of halogens is 1. The Labute approximate surface area is 168 Å². The monoisotopic (exact) mass is 393 g/mol. The van der Waals surface area contributed by atoms with Crippen LogP contribution in [0.5, 0.6) is 0 Å². The van der Waals surface area contributed by atoms with Crippen LogP contribution in [0.3, 0.4) is 0 Å². The predicted molar refractivity (Wildman–Crippen MR) is 108 cm³/mol. The predicted octanol–water partition coefficient (Wildman–Crippen LogP) is 4.04. The SMILES string of the molecule is CN1C2CCCC1CC(OC(=O)C(O)(c1ccccc1)C1CCCC1)C2.Cl. The van der Waals surface area contributed by atoms with Gasteiger partial charge in [-0.3, -0.25) is 0 Å². The molecule has 3 atom stereocenters. The van der Waals surface area contributed by atoms with Gasteiger partial charge in [-0.25, -0.2) is 4.79 Å². The van der Waals surface area contributed by atoms with E-state index in [1.165, 1.54) is 19.3 Å². The first-order chi connectivity index (χ1) is 12.6. The van der Waals surface area contributed by atoms with Gasteiger partial charge in [0.2, 0.25) is 0 Å². The van der Waals surface area contributed by atoms with Crippen LogP contribution in [0.4, 0.5) is 0 Å². The third-order valence-electron chi connectivity index (χ3n) is 7.04. The van der Waals surface area contributed by atoms with Gasteiger partial charge < -0.3 is 14.7 Å². The summed E-state index contributed by atoms with van der Waals surface area (Å²) in [5, 5.41) is 11.6. The lowest BCUT2D eigenvalue weighted by Gasteiger charge is -2.47. The third kappa shape index (κ3) is 3.90. The smallest absolute Gasteiger partial charge is 0.343 e. The summed E-state index contributed by atoms with van der Waals surface area (Å²) >= 11 is 0. The van der Waals surface area contributed by atoms with E-state index in [-0.39, 0.29) is 24.4 Å². The number of carbonyl (C=O) groups is 1. The molecule has 1 saturated carbocycles. The van der Waals surface area contributed by atoms with E-state index >= 15 is 0 Å². The van der Waals surface area contributed by atoms with Gasteiger partial charge in [-0.15, -0.1) is 12.4 Å². The number of ether oxygens (including phenoxy) is 1. The summed E-state index contributed by atoms with van der Waals surface area (Å²) in [6, 6.07) is 10.5. The summed E-state index contributed by atoms with van der Waals surface area (Å²) in [5.74, 6) is -0.466.